The number of aromatic nitrogens is 1. The number of benzene rings is 1. The largest absolute Gasteiger partial charge is 0.444 e. The summed E-state index contributed by atoms with van der Waals surface area (Å²) in [7, 11) is 0. The summed E-state index contributed by atoms with van der Waals surface area (Å²) < 4.78 is 18.8. The number of nitrogens with one attached hydrogen (secondary N) is 1. The summed E-state index contributed by atoms with van der Waals surface area (Å²) in [6.07, 6.45) is 7.42. The molecule has 1 aliphatic heterocycles. The van der Waals surface area contributed by atoms with E-state index in [0.717, 1.165) is 23.6 Å². The molecule has 0 bridgehead atoms. The van der Waals surface area contributed by atoms with Gasteiger partial charge in [-0.25, -0.2) is 9.18 Å². The topological polar surface area (TPSA) is 71.5 Å². The lowest BCUT2D eigenvalue weighted by Crippen LogP contribution is -2.36. The second-order valence-corrected chi connectivity index (χ2v) is 10.6. The highest BCUT2D eigenvalue weighted by Gasteiger charge is 2.49. The van der Waals surface area contributed by atoms with Crippen molar-refractivity contribution in [3.63, 3.8) is 0 Å². The van der Waals surface area contributed by atoms with E-state index in [1.165, 1.54) is 25.3 Å². The molecule has 4 rings (SSSR count). The zero-order valence-corrected chi connectivity index (χ0v) is 22.1. The van der Waals surface area contributed by atoms with E-state index in [2.05, 4.69) is 24.1 Å². The van der Waals surface area contributed by atoms with Crippen LogP contribution in [0.4, 0.5) is 14.9 Å². The summed E-state index contributed by atoms with van der Waals surface area (Å²) >= 11 is 0. The van der Waals surface area contributed by atoms with E-state index >= 15 is 0 Å². The number of fused-ring (bicyclic) bond motifs is 1. The lowest BCUT2D eigenvalue weighted by atomic mass is 9.78. The number of carbonyl (C=O) groups excluding carboxylic acids is 2. The maximum Gasteiger partial charge on any atom is 0.410 e. The van der Waals surface area contributed by atoms with E-state index < -0.39 is 5.82 Å². The molecular weight excluding hydrogens is 445 g/mol. The number of pyridine rings is 1. The molecule has 1 aromatic heterocycles. The van der Waals surface area contributed by atoms with Crippen LogP contribution in [0.5, 0.6) is 0 Å². The third kappa shape index (κ3) is 8.05. The highest BCUT2D eigenvalue weighted by molar-refractivity contribution is 5.72. The van der Waals surface area contributed by atoms with Crippen LogP contribution in [0, 0.1) is 11.7 Å². The quantitative estimate of drug-likeness (QED) is 0.499. The van der Waals surface area contributed by atoms with Crippen LogP contribution in [0.3, 0.4) is 0 Å². The number of anilines is 1. The monoisotopic (exact) mass is 485 g/mol. The van der Waals surface area contributed by atoms with Gasteiger partial charge >= 0.3 is 6.09 Å². The number of carbonyl (C=O) groups is 2. The summed E-state index contributed by atoms with van der Waals surface area (Å²) in [5, 5.41) is 2.37. The normalized spacial score (nSPS) is 18.2. The van der Waals surface area contributed by atoms with E-state index in [-0.39, 0.29) is 22.8 Å². The molecule has 2 fully saturated rings. The van der Waals surface area contributed by atoms with Gasteiger partial charge in [0, 0.05) is 30.4 Å². The van der Waals surface area contributed by atoms with Gasteiger partial charge < -0.3 is 15.0 Å². The number of nitrogens with zero attached hydrogens (tertiary/aromatic N) is 2. The number of piperidine rings is 1. The molecular formula is C28H40FN3O3. The Hall–Kier alpha value is -2.96. The smallest absolute Gasteiger partial charge is 0.410 e. The maximum atomic E-state index is 13.5. The fourth-order valence-electron chi connectivity index (χ4n) is 3.96. The molecule has 1 aromatic carbocycles. The minimum absolute atomic E-state index is 0.127. The minimum atomic E-state index is -0.443. The first-order valence-corrected chi connectivity index (χ1v) is 12.3. The number of halogens is 1. The molecule has 1 N–H and O–H groups in total. The van der Waals surface area contributed by atoms with Crippen LogP contribution in [-0.4, -0.2) is 40.6 Å². The summed E-state index contributed by atoms with van der Waals surface area (Å²) in [5.41, 5.74) is 1.53. The van der Waals surface area contributed by atoms with Crippen molar-refractivity contribution in [1.82, 2.24) is 9.88 Å². The standard InChI is InChI=1S/C15H15FN2O.C10H17NO2.C3H8/c1-15(2,11-5-7-17-8-6-11)12-3-4-13(16)14(9-12)18-10-19;1-10(2,3)13-9(12)11-5-4-7-6-8(7)11;1-3-2/h3-10H,1-2H3,(H,18,19);7-8H,4-6H2,1-3H3;3H2,1-2H3. The number of hydrogen-bond donors (Lipinski definition) is 1. The van der Waals surface area contributed by atoms with Crippen LogP contribution >= 0.6 is 0 Å². The first kappa shape index (κ1) is 28.3. The van der Waals surface area contributed by atoms with Gasteiger partial charge in [-0.3, -0.25) is 9.78 Å². The lowest BCUT2D eigenvalue weighted by Gasteiger charge is -2.26. The first-order valence-electron chi connectivity index (χ1n) is 12.3. The molecule has 7 heteroatoms. The Morgan fingerprint density at radius 3 is 2.26 bits per heavy atom. The van der Waals surface area contributed by atoms with Gasteiger partial charge in [-0.2, -0.15) is 0 Å². The van der Waals surface area contributed by atoms with E-state index in [9.17, 15) is 14.0 Å². The Labute approximate surface area is 209 Å². The van der Waals surface area contributed by atoms with Crippen molar-refractivity contribution < 1.29 is 18.7 Å². The molecule has 2 aromatic rings. The van der Waals surface area contributed by atoms with Crippen molar-refractivity contribution in [3.05, 3.63) is 59.7 Å². The first-order chi connectivity index (χ1) is 16.4. The molecule has 0 spiro atoms. The molecule has 192 valence electrons. The molecule has 1 aliphatic carbocycles. The number of hydrogen-bond acceptors (Lipinski definition) is 4. The molecule has 1 saturated heterocycles. The van der Waals surface area contributed by atoms with Crippen molar-refractivity contribution in [2.24, 2.45) is 5.92 Å². The average molecular weight is 486 g/mol. The molecule has 35 heavy (non-hydrogen) atoms. The number of amides is 2. The van der Waals surface area contributed by atoms with Gasteiger partial charge in [0.05, 0.1) is 5.69 Å². The second-order valence-electron chi connectivity index (χ2n) is 10.6. The second kappa shape index (κ2) is 12.1. The molecule has 2 heterocycles. The van der Waals surface area contributed by atoms with Gasteiger partial charge in [0.15, 0.2) is 0 Å². The van der Waals surface area contributed by atoms with Gasteiger partial charge in [-0.1, -0.05) is 40.2 Å². The number of ether oxygens (including phenoxy) is 1. The van der Waals surface area contributed by atoms with Crippen LogP contribution in [-0.2, 0) is 14.9 Å². The molecule has 6 nitrogen and oxygen atoms in total. The van der Waals surface area contributed by atoms with Crippen LogP contribution in [0.1, 0.15) is 78.9 Å². The minimum Gasteiger partial charge on any atom is -0.444 e. The molecule has 0 radical (unpaired) electrons. The summed E-state index contributed by atoms with van der Waals surface area (Å²) in [5.74, 6) is 0.342. The third-order valence-corrected chi connectivity index (χ3v) is 5.96. The third-order valence-electron chi connectivity index (χ3n) is 5.96. The fraction of sp³-hybridized carbons (Fsp3) is 0.536. The Morgan fingerprint density at radius 2 is 1.77 bits per heavy atom. The summed E-state index contributed by atoms with van der Waals surface area (Å²) in [6, 6.07) is 9.11. The van der Waals surface area contributed by atoms with Crippen LogP contribution in [0.25, 0.3) is 0 Å². The van der Waals surface area contributed by atoms with Crippen LogP contribution < -0.4 is 5.32 Å². The summed E-state index contributed by atoms with van der Waals surface area (Å²) in [4.78, 5) is 28.0. The predicted octanol–water partition coefficient (Wildman–Crippen LogP) is 6.55. The Kier molecular flexibility index (Phi) is 9.81. The maximum absolute atomic E-state index is 13.5. The van der Waals surface area contributed by atoms with Crippen molar-refractivity contribution in [3.8, 4) is 0 Å². The Balaban J connectivity index is 0.000000234. The SMILES string of the molecule is CC(C)(C)OC(=O)N1CCC2CC21.CC(C)(c1ccncc1)c1ccc(F)c(NC=O)c1.CCC. The van der Waals surface area contributed by atoms with Crippen molar-refractivity contribution >= 4 is 18.2 Å². The van der Waals surface area contributed by atoms with E-state index in [0.29, 0.717) is 12.5 Å². The number of likely N-dealkylation sites (tertiary alicyclic amines) is 1. The van der Waals surface area contributed by atoms with E-state index in [1.54, 1.807) is 24.5 Å². The molecule has 2 atom stereocenters. The van der Waals surface area contributed by atoms with Gasteiger partial charge in [0.2, 0.25) is 6.41 Å². The number of rotatable bonds is 4. The molecule has 1 saturated carbocycles. The molecule has 2 aliphatic rings. The highest BCUT2D eigenvalue weighted by atomic mass is 19.1. The fourth-order valence-corrected chi connectivity index (χ4v) is 3.96. The molecule has 2 unspecified atom stereocenters. The van der Waals surface area contributed by atoms with E-state index in [4.69, 9.17) is 4.74 Å². The zero-order chi connectivity index (χ0) is 26.2. The lowest BCUT2D eigenvalue weighted by molar-refractivity contribution is -0.105. The zero-order valence-electron chi connectivity index (χ0n) is 22.1. The van der Waals surface area contributed by atoms with Crippen molar-refractivity contribution in [2.75, 3.05) is 11.9 Å². The Morgan fingerprint density at radius 1 is 1.14 bits per heavy atom. The van der Waals surface area contributed by atoms with Crippen molar-refractivity contribution in [1.29, 1.82) is 0 Å². The van der Waals surface area contributed by atoms with Gasteiger partial charge in [-0.05, 0) is 74.9 Å². The average Bonchev–Trinajstić information content (AvgIpc) is 3.44. The van der Waals surface area contributed by atoms with E-state index in [1.807, 2.05) is 51.7 Å². The van der Waals surface area contributed by atoms with Crippen LogP contribution in [0.15, 0.2) is 42.7 Å². The van der Waals surface area contributed by atoms with Gasteiger partial charge in [0.1, 0.15) is 11.4 Å². The van der Waals surface area contributed by atoms with Gasteiger partial charge in [-0.15, -0.1) is 0 Å². The highest BCUT2D eigenvalue weighted by Crippen LogP contribution is 2.44. The van der Waals surface area contributed by atoms with Crippen LogP contribution in [0.2, 0.25) is 0 Å². The predicted molar refractivity (Wildman–Crippen MR) is 138 cm³/mol. The van der Waals surface area contributed by atoms with Crippen molar-refractivity contribution in [2.45, 2.75) is 84.8 Å². The van der Waals surface area contributed by atoms with Gasteiger partial charge in [0.25, 0.3) is 0 Å². The Bertz CT molecular complexity index is 973. The summed E-state index contributed by atoms with van der Waals surface area (Å²) in [6.45, 7) is 15.0. The molecule has 2 amide bonds.